The second-order valence-electron chi connectivity index (χ2n) is 6.22. The van der Waals surface area contributed by atoms with Crippen molar-refractivity contribution in [2.24, 2.45) is 7.05 Å². The maximum Gasteiger partial charge on any atom is 0.223 e. The molecule has 0 spiro atoms. The van der Waals surface area contributed by atoms with Crippen LogP contribution in [0.3, 0.4) is 0 Å². The average molecular weight is 312 g/mol. The molecular weight excluding hydrogens is 292 g/mol. The Hall–Kier alpha value is -2.44. The molecule has 0 bridgehead atoms. The van der Waals surface area contributed by atoms with Gasteiger partial charge in [0, 0.05) is 38.1 Å². The summed E-state index contributed by atoms with van der Waals surface area (Å²) in [5.41, 5.74) is 1.05. The maximum atomic E-state index is 12.5. The zero-order valence-electron chi connectivity index (χ0n) is 13.1. The van der Waals surface area contributed by atoms with Crippen molar-refractivity contribution < 1.29 is 4.79 Å². The number of nitrogens with one attached hydrogen (secondary N) is 1. The van der Waals surface area contributed by atoms with Gasteiger partial charge < -0.3 is 10.2 Å². The summed E-state index contributed by atoms with van der Waals surface area (Å²) in [6, 6.07) is 4.22. The maximum absolute atomic E-state index is 12.5. The number of carbonyl (C=O) groups is 1. The zero-order chi connectivity index (χ0) is 15.8. The first-order valence-electron chi connectivity index (χ1n) is 8.06. The lowest BCUT2D eigenvalue weighted by Crippen LogP contribution is -2.50. The first-order chi connectivity index (χ1) is 11.2. The second kappa shape index (κ2) is 5.64. The van der Waals surface area contributed by atoms with Crippen molar-refractivity contribution in [3.05, 3.63) is 36.4 Å². The molecule has 0 radical (unpaired) electrons. The Morgan fingerprint density at radius 1 is 1.17 bits per heavy atom. The molecule has 1 N–H and O–H groups in total. The number of likely N-dealkylation sites (tertiary alicyclic amines) is 1. The first-order valence-corrected chi connectivity index (χ1v) is 8.06. The summed E-state index contributed by atoms with van der Waals surface area (Å²) in [6.45, 7) is 0. The van der Waals surface area contributed by atoms with E-state index in [1.165, 1.54) is 0 Å². The van der Waals surface area contributed by atoms with E-state index in [0.29, 0.717) is 18.4 Å². The molecule has 23 heavy (non-hydrogen) atoms. The molecular formula is C16H20N6O. The highest BCUT2D eigenvalue weighted by molar-refractivity contribution is 5.78. The lowest BCUT2D eigenvalue weighted by molar-refractivity contribution is -0.138. The minimum absolute atomic E-state index is 0.0277. The molecule has 2 aromatic rings. The number of nitrogens with zero attached hydrogens (tertiary/aromatic N) is 5. The van der Waals surface area contributed by atoms with Gasteiger partial charge in [0.25, 0.3) is 0 Å². The highest BCUT2D eigenvalue weighted by Crippen LogP contribution is 2.41. The van der Waals surface area contributed by atoms with Gasteiger partial charge in [-0.2, -0.15) is 5.10 Å². The van der Waals surface area contributed by atoms with Crippen molar-refractivity contribution in [2.45, 2.75) is 43.8 Å². The number of hydrogen-bond acceptors (Lipinski definition) is 5. The van der Waals surface area contributed by atoms with E-state index in [-0.39, 0.29) is 18.0 Å². The van der Waals surface area contributed by atoms with Gasteiger partial charge in [0.15, 0.2) is 0 Å². The van der Waals surface area contributed by atoms with Crippen LogP contribution >= 0.6 is 0 Å². The number of amides is 1. The third-order valence-corrected chi connectivity index (χ3v) is 4.62. The van der Waals surface area contributed by atoms with Gasteiger partial charge in [0.2, 0.25) is 11.9 Å². The summed E-state index contributed by atoms with van der Waals surface area (Å²) < 4.78 is 1.86. The molecule has 2 atom stereocenters. The smallest absolute Gasteiger partial charge is 0.223 e. The molecule has 2 aliphatic rings. The summed E-state index contributed by atoms with van der Waals surface area (Å²) in [5.74, 6) is 0.848. The molecule has 1 saturated heterocycles. The van der Waals surface area contributed by atoms with E-state index >= 15 is 0 Å². The fourth-order valence-electron chi connectivity index (χ4n) is 3.41. The molecule has 1 aliphatic heterocycles. The SMILES string of the molecule is Cn1nccc1[C@H]1[C@H](Nc2ncccn2)CCC(=O)N1C1CC1. The molecule has 4 rings (SSSR count). The fourth-order valence-corrected chi connectivity index (χ4v) is 3.41. The summed E-state index contributed by atoms with van der Waals surface area (Å²) in [6.07, 6.45) is 8.76. The molecule has 2 aromatic heterocycles. The van der Waals surface area contributed by atoms with Gasteiger partial charge in [-0.3, -0.25) is 9.48 Å². The van der Waals surface area contributed by atoms with Crippen molar-refractivity contribution in [2.75, 3.05) is 5.32 Å². The van der Waals surface area contributed by atoms with Crippen molar-refractivity contribution >= 4 is 11.9 Å². The summed E-state index contributed by atoms with van der Waals surface area (Å²) in [4.78, 5) is 23.1. The van der Waals surface area contributed by atoms with Gasteiger partial charge in [-0.25, -0.2) is 9.97 Å². The molecule has 120 valence electrons. The highest BCUT2D eigenvalue weighted by atomic mass is 16.2. The van der Waals surface area contributed by atoms with Crippen LogP contribution in [-0.4, -0.2) is 42.6 Å². The van der Waals surface area contributed by atoms with Crippen LogP contribution < -0.4 is 5.32 Å². The van der Waals surface area contributed by atoms with Crippen molar-refractivity contribution in [1.29, 1.82) is 0 Å². The van der Waals surface area contributed by atoms with E-state index in [9.17, 15) is 4.79 Å². The van der Waals surface area contributed by atoms with Gasteiger partial charge in [-0.05, 0) is 31.4 Å². The number of anilines is 1. The number of carbonyl (C=O) groups excluding carboxylic acids is 1. The standard InChI is InChI=1S/C16H20N6O/c1-21-13(7-10-19-21)15-12(20-16-17-8-2-9-18-16)5-6-14(23)22(15)11-3-4-11/h2,7-12,15H,3-6H2,1H3,(H,17,18,20)/t12-,15-/m1/s1. The average Bonchev–Trinajstić information content (AvgIpc) is 3.31. The quantitative estimate of drug-likeness (QED) is 0.926. The van der Waals surface area contributed by atoms with Crippen LogP contribution in [0.4, 0.5) is 5.95 Å². The summed E-state index contributed by atoms with van der Waals surface area (Å²) >= 11 is 0. The predicted octanol–water partition coefficient (Wildman–Crippen LogP) is 1.52. The Balaban J connectivity index is 1.68. The lowest BCUT2D eigenvalue weighted by atomic mass is 9.92. The molecule has 7 heteroatoms. The topological polar surface area (TPSA) is 75.9 Å². The van der Waals surface area contributed by atoms with Gasteiger partial charge in [-0.1, -0.05) is 0 Å². The van der Waals surface area contributed by atoms with Crippen molar-refractivity contribution in [3.63, 3.8) is 0 Å². The molecule has 1 aliphatic carbocycles. The van der Waals surface area contributed by atoms with Crippen molar-refractivity contribution in [3.8, 4) is 0 Å². The Morgan fingerprint density at radius 3 is 2.61 bits per heavy atom. The number of piperidine rings is 1. The lowest BCUT2D eigenvalue weighted by Gasteiger charge is -2.41. The molecule has 7 nitrogen and oxygen atoms in total. The fraction of sp³-hybridized carbons (Fsp3) is 0.500. The van der Waals surface area contributed by atoms with Crippen LogP contribution in [0, 0.1) is 0 Å². The van der Waals surface area contributed by atoms with Crippen LogP contribution in [0.2, 0.25) is 0 Å². The van der Waals surface area contributed by atoms with E-state index in [2.05, 4.69) is 25.3 Å². The van der Waals surface area contributed by atoms with E-state index in [1.54, 1.807) is 24.7 Å². The third-order valence-electron chi connectivity index (χ3n) is 4.62. The van der Waals surface area contributed by atoms with Crippen LogP contribution in [0.5, 0.6) is 0 Å². The number of hydrogen-bond donors (Lipinski definition) is 1. The number of aromatic nitrogens is 4. The zero-order valence-corrected chi connectivity index (χ0v) is 13.1. The third kappa shape index (κ3) is 2.67. The van der Waals surface area contributed by atoms with Crippen molar-refractivity contribution in [1.82, 2.24) is 24.6 Å². The second-order valence-corrected chi connectivity index (χ2v) is 6.22. The highest BCUT2D eigenvalue weighted by Gasteiger charge is 2.45. The molecule has 0 unspecified atom stereocenters. The molecule has 1 saturated carbocycles. The molecule has 2 fully saturated rings. The predicted molar refractivity (Wildman–Crippen MR) is 84.5 cm³/mol. The summed E-state index contributed by atoms with van der Waals surface area (Å²) in [7, 11) is 1.93. The monoisotopic (exact) mass is 312 g/mol. The van der Waals surface area contributed by atoms with Gasteiger partial charge in [0.1, 0.15) is 0 Å². The van der Waals surface area contributed by atoms with E-state index < -0.39 is 0 Å². The van der Waals surface area contributed by atoms with Crippen LogP contribution in [0.1, 0.15) is 37.4 Å². The molecule has 3 heterocycles. The van der Waals surface area contributed by atoms with Crippen LogP contribution in [-0.2, 0) is 11.8 Å². The molecule has 1 amide bonds. The van der Waals surface area contributed by atoms with Crippen LogP contribution in [0.25, 0.3) is 0 Å². The van der Waals surface area contributed by atoms with E-state index in [1.807, 2.05) is 17.8 Å². The minimum Gasteiger partial charge on any atom is -0.349 e. The van der Waals surface area contributed by atoms with E-state index in [4.69, 9.17) is 0 Å². The number of aryl methyl sites for hydroxylation is 1. The first kappa shape index (κ1) is 14.2. The summed E-state index contributed by atoms with van der Waals surface area (Å²) in [5, 5.41) is 7.71. The van der Waals surface area contributed by atoms with E-state index in [0.717, 1.165) is 25.0 Å². The largest absolute Gasteiger partial charge is 0.349 e. The Labute approximate surface area is 134 Å². The normalized spacial score (nSPS) is 24.7. The van der Waals surface area contributed by atoms with Gasteiger partial charge in [-0.15, -0.1) is 0 Å². The van der Waals surface area contributed by atoms with Crippen LogP contribution in [0.15, 0.2) is 30.7 Å². The Bertz CT molecular complexity index is 696. The minimum atomic E-state index is -0.0277. The van der Waals surface area contributed by atoms with Gasteiger partial charge in [0.05, 0.1) is 17.8 Å². The molecule has 0 aromatic carbocycles. The van der Waals surface area contributed by atoms with Gasteiger partial charge >= 0.3 is 0 Å². The Morgan fingerprint density at radius 2 is 1.96 bits per heavy atom. The Kier molecular flexibility index (Phi) is 3.48. The number of rotatable bonds is 4.